The van der Waals surface area contributed by atoms with Crippen molar-refractivity contribution in [2.75, 3.05) is 4.72 Å². The molecule has 0 atom stereocenters. The van der Waals surface area contributed by atoms with Crippen molar-refractivity contribution in [3.05, 3.63) is 28.5 Å². The second kappa shape index (κ2) is 5.15. The van der Waals surface area contributed by atoms with Crippen molar-refractivity contribution >= 4 is 32.5 Å². The molecule has 21 heavy (non-hydrogen) atoms. The van der Waals surface area contributed by atoms with E-state index in [4.69, 9.17) is 9.52 Å². The normalized spacial score (nSPS) is 14.7. The Morgan fingerprint density at radius 1 is 1.33 bits per heavy atom. The van der Waals surface area contributed by atoms with Crippen LogP contribution in [0.3, 0.4) is 0 Å². The highest BCUT2D eigenvalue weighted by Gasteiger charge is 2.24. The highest BCUT2D eigenvalue weighted by molar-refractivity contribution is 7.92. The molecular formula is C12H12N2O5S2. The molecule has 1 aliphatic rings. The highest BCUT2D eigenvalue weighted by Crippen LogP contribution is 2.30. The number of fused-ring (bicyclic) bond motifs is 1. The average molecular weight is 328 g/mol. The molecule has 112 valence electrons. The maximum absolute atomic E-state index is 12.1. The quantitative estimate of drug-likeness (QED) is 0.889. The van der Waals surface area contributed by atoms with Crippen LogP contribution in [0.2, 0.25) is 0 Å². The Kier molecular flexibility index (Phi) is 3.46. The zero-order valence-corrected chi connectivity index (χ0v) is 12.5. The molecule has 0 saturated carbocycles. The first-order valence-electron chi connectivity index (χ1n) is 6.30. The van der Waals surface area contributed by atoms with Crippen LogP contribution in [0.4, 0.5) is 5.13 Å². The predicted molar refractivity (Wildman–Crippen MR) is 75.2 cm³/mol. The lowest BCUT2D eigenvalue weighted by atomic mass is 10.0. The molecule has 2 aromatic rings. The first kappa shape index (κ1) is 14.1. The monoisotopic (exact) mass is 328 g/mol. The summed E-state index contributed by atoms with van der Waals surface area (Å²) in [5.41, 5.74) is 0.939. The zero-order valence-electron chi connectivity index (χ0n) is 10.8. The third kappa shape index (κ3) is 2.79. The Hall–Kier alpha value is -1.87. The van der Waals surface area contributed by atoms with Gasteiger partial charge in [0.1, 0.15) is 0 Å². The first-order chi connectivity index (χ1) is 9.95. The minimum atomic E-state index is -3.96. The Bertz CT molecular complexity index is 767. The predicted octanol–water partition coefficient (Wildman–Crippen LogP) is 2.11. The van der Waals surface area contributed by atoms with Gasteiger partial charge in [0.25, 0.3) is 10.0 Å². The summed E-state index contributed by atoms with van der Waals surface area (Å²) >= 11 is 1.31. The number of hydrogen-bond acceptors (Lipinski definition) is 6. The minimum absolute atomic E-state index is 0.287. The molecule has 3 rings (SSSR count). The standard InChI is InChI=1S/C12H12N2O5S2/c15-11(16)8-5-6-10(19-8)21(17,18)14-12-13-7-3-1-2-4-9(7)20-12/h5-6H,1-4H2,(H,13,14)(H,15,16). The van der Waals surface area contributed by atoms with E-state index in [1.807, 2.05) is 0 Å². The fraction of sp³-hybridized carbons (Fsp3) is 0.333. The van der Waals surface area contributed by atoms with Gasteiger partial charge in [0, 0.05) is 4.88 Å². The van der Waals surface area contributed by atoms with Crippen LogP contribution in [0.1, 0.15) is 34.0 Å². The molecule has 2 N–H and O–H groups in total. The van der Waals surface area contributed by atoms with Gasteiger partial charge in [-0.2, -0.15) is 8.42 Å². The lowest BCUT2D eigenvalue weighted by Gasteiger charge is -2.06. The van der Waals surface area contributed by atoms with Crippen LogP contribution in [-0.2, 0) is 22.9 Å². The molecule has 0 bridgehead atoms. The fourth-order valence-corrected chi connectivity index (χ4v) is 4.36. The van der Waals surface area contributed by atoms with Gasteiger partial charge >= 0.3 is 5.97 Å². The van der Waals surface area contributed by atoms with Crippen LogP contribution in [0, 0.1) is 0 Å². The Labute approximate surface area is 124 Å². The molecule has 9 heteroatoms. The number of rotatable bonds is 4. The van der Waals surface area contributed by atoms with Gasteiger partial charge in [0.05, 0.1) is 5.69 Å². The van der Waals surface area contributed by atoms with Gasteiger partial charge in [-0.3, -0.25) is 4.72 Å². The molecule has 0 saturated heterocycles. The first-order valence-corrected chi connectivity index (χ1v) is 8.60. The van der Waals surface area contributed by atoms with E-state index in [-0.39, 0.29) is 5.13 Å². The van der Waals surface area contributed by atoms with Crippen molar-refractivity contribution in [2.24, 2.45) is 0 Å². The third-order valence-corrected chi connectivity index (χ3v) is 5.54. The van der Waals surface area contributed by atoms with E-state index in [1.165, 1.54) is 11.3 Å². The molecule has 0 spiro atoms. The van der Waals surface area contributed by atoms with Crippen molar-refractivity contribution in [3.8, 4) is 0 Å². The summed E-state index contributed by atoms with van der Waals surface area (Å²) in [6.45, 7) is 0. The number of carbonyl (C=O) groups is 1. The van der Waals surface area contributed by atoms with Gasteiger partial charge in [-0.05, 0) is 37.8 Å². The maximum atomic E-state index is 12.1. The summed E-state index contributed by atoms with van der Waals surface area (Å²) in [6.07, 6.45) is 3.92. The Morgan fingerprint density at radius 2 is 2.10 bits per heavy atom. The molecule has 0 aromatic carbocycles. The second-order valence-electron chi connectivity index (χ2n) is 4.63. The van der Waals surface area contributed by atoms with Crippen molar-refractivity contribution < 1.29 is 22.7 Å². The van der Waals surface area contributed by atoms with Gasteiger partial charge < -0.3 is 9.52 Å². The van der Waals surface area contributed by atoms with E-state index in [9.17, 15) is 13.2 Å². The summed E-state index contributed by atoms with van der Waals surface area (Å²) in [7, 11) is -3.96. The van der Waals surface area contributed by atoms with E-state index in [0.717, 1.165) is 48.4 Å². The zero-order chi connectivity index (χ0) is 15.0. The molecule has 0 aliphatic heterocycles. The Morgan fingerprint density at radius 3 is 2.76 bits per heavy atom. The summed E-state index contributed by atoms with van der Waals surface area (Å²) < 4.78 is 31.4. The molecule has 0 amide bonds. The SMILES string of the molecule is O=C(O)c1ccc(S(=O)(=O)Nc2nc3c(s2)CCCC3)o1. The third-order valence-electron chi connectivity index (χ3n) is 3.12. The number of thiazole rings is 1. The van der Waals surface area contributed by atoms with Crippen LogP contribution < -0.4 is 4.72 Å². The fourth-order valence-electron chi connectivity index (χ4n) is 2.14. The number of carboxylic acid groups (broad SMARTS) is 1. The molecule has 2 heterocycles. The van der Waals surface area contributed by atoms with Crippen molar-refractivity contribution in [1.29, 1.82) is 0 Å². The number of nitrogens with zero attached hydrogens (tertiary/aromatic N) is 1. The van der Waals surface area contributed by atoms with Crippen molar-refractivity contribution in [2.45, 2.75) is 30.8 Å². The van der Waals surface area contributed by atoms with Crippen LogP contribution in [-0.4, -0.2) is 24.5 Å². The van der Waals surface area contributed by atoms with Crippen LogP contribution in [0.15, 0.2) is 21.6 Å². The number of carboxylic acids is 1. The number of nitrogens with one attached hydrogen (secondary N) is 1. The Balaban J connectivity index is 1.85. The van der Waals surface area contributed by atoms with Gasteiger partial charge in [-0.1, -0.05) is 0 Å². The second-order valence-corrected chi connectivity index (χ2v) is 7.32. The summed E-state index contributed by atoms with van der Waals surface area (Å²) in [5, 5.41) is 8.60. The van der Waals surface area contributed by atoms with Crippen LogP contribution >= 0.6 is 11.3 Å². The summed E-state index contributed by atoms with van der Waals surface area (Å²) in [6, 6.07) is 2.21. The van der Waals surface area contributed by atoms with Gasteiger partial charge in [-0.15, -0.1) is 11.3 Å². The van der Waals surface area contributed by atoms with Gasteiger partial charge in [0.2, 0.25) is 10.9 Å². The van der Waals surface area contributed by atoms with E-state index in [0.29, 0.717) is 0 Å². The van der Waals surface area contributed by atoms with E-state index < -0.39 is 26.8 Å². The number of aryl methyl sites for hydroxylation is 2. The van der Waals surface area contributed by atoms with E-state index in [1.54, 1.807) is 0 Å². The number of furan rings is 1. The number of hydrogen-bond donors (Lipinski definition) is 2. The average Bonchev–Trinajstić information content (AvgIpc) is 3.04. The van der Waals surface area contributed by atoms with Crippen LogP contribution in [0.5, 0.6) is 0 Å². The lowest BCUT2D eigenvalue weighted by molar-refractivity contribution is 0.0656. The lowest BCUT2D eigenvalue weighted by Crippen LogP contribution is -2.12. The summed E-state index contributed by atoms with van der Waals surface area (Å²) in [4.78, 5) is 16.1. The number of anilines is 1. The van der Waals surface area contributed by atoms with Gasteiger partial charge in [-0.25, -0.2) is 9.78 Å². The molecule has 0 unspecified atom stereocenters. The van der Waals surface area contributed by atoms with Crippen LogP contribution in [0.25, 0.3) is 0 Å². The summed E-state index contributed by atoms with van der Waals surface area (Å²) in [5.74, 6) is -1.74. The highest BCUT2D eigenvalue weighted by atomic mass is 32.2. The van der Waals surface area contributed by atoms with E-state index in [2.05, 4.69) is 9.71 Å². The van der Waals surface area contributed by atoms with Gasteiger partial charge in [0.15, 0.2) is 5.13 Å². The maximum Gasteiger partial charge on any atom is 0.371 e. The van der Waals surface area contributed by atoms with Crippen molar-refractivity contribution in [3.63, 3.8) is 0 Å². The van der Waals surface area contributed by atoms with Crippen molar-refractivity contribution in [1.82, 2.24) is 4.98 Å². The minimum Gasteiger partial charge on any atom is -0.475 e. The molecule has 0 radical (unpaired) electrons. The molecule has 1 aliphatic carbocycles. The molecule has 2 aromatic heterocycles. The molecule has 0 fully saturated rings. The largest absolute Gasteiger partial charge is 0.475 e. The number of aromatic carboxylic acids is 1. The topological polar surface area (TPSA) is 110 Å². The number of sulfonamides is 1. The van der Waals surface area contributed by atoms with E-state index >= 15 is 0 Å². The smallest absolute Gasteiger partial charge is 0.371 e. The molecule has 7 nitrogen and oxygen atoms in total. The number of aromatic nitrogens is 1. The molecular weight excluding hydrogens is 316 g/mol.